The summed E-state index contributed by atoms with van der Waals surface area (Å²) < 4.78 is 5.64. The molecule has 1 aliphatic heterocycles. The van der Waals surface area contributed by atoms with E-state index in [4.69, 9.17) is 51.1 Å². The van der Waals surface area contributed by atoms with E-state index in [1.165, 1.54) is 0 Å². The number of hydrogen-bond acceptors (Lipinski definition) is 2. The molecular formula is C15H11Cl4NO. The monoisotopic (exact) mass is 361 g/mol. The third-order valence-electron chi connectivity index (χ3n) is 3.33. The molecule has 21 heavy (non-hydrogen) atoms. The first kappa shape index (κ1) is 15.1. The summed E-state index contributed by atoms with van der Waals surface area (Å²) in [6.07, 6.45) is 0.809. The molecule has 0 amide bonds. The molecule has 0 saturated carbocycles. The van der Waals surface area contributed by atoms with Crippen molar-refractivity contribution in [3.05, 3.63) is 56.0 Å². The highest BCUT2D eigenvalue weighted by molar-refractivity contribution is 6.42. The summed E-state index contributed by atoms with van der Waals surface area (Å²) in [6.45, 7) is 0.591. The first-order chi connectivity index (χ1) is 10.0. The third-order valence-corrected chi connectivity index (χ3v) is 4.56. The lowest BCUT2D eigenvalue weighted by atomic mass is 10.00. The largest absolute Gasteiger partial charge is 0.492 e. The van der Waals surface area contributed by atoms with Crippen LogP contribution < -0.4 is 10.1 Å². The number of hydrogen-bond donors (Lipinski definition) is 1. The van der Waals surface area contributed by atoms with Crippen LogP contribution in [0.1, 0.15) is 18.0 Å². The predicted octanol–water partition coefficient (Wildman–Crippen LogP) is 6.24. The standard InChI is InChI=1S/C15H11Cl4NO/c16-8-5-10-14(3-4-21-15(10)13(19)6-8)20-9-1-2-11(17)12(18)7-9/h1-2,5-7,14,20H,3-4H2. The Morgan fingerprint density at radius 3 is 2.52 bits per heavy atom. The average Bonchev–Trinajstić information content (AvgIpc) is 2.44. The van der Waals surface area contributed by atoms with Crippen LogP contribution in [0.4, 0.5) is 5.69 Å². The summed E-state index contributed by atoms with van der Waals surface area (Å²) >= 11 is 24.3. The highest BCUT2D eigenvalue weighted by Crippen LogP contribution is 2.41. The molecule has 1 unspecified atom stereocenters. The van der Waals surface area contributed by atoms with Crippen LogP contribution in [-0.4, -0.2) is 6.61 Å². The molecule has 0 aromatic heterocycles. The van der Waals surface area contributed by atoms with Crippen LogP contribution in [0.15, 0.2) is 30.3 Å². The fourth-order valence-electron chi connectivity index (χ4n) is 2.36. The van der Waals surface area contributed by atoms with Crippen LogP contribution in [0, 0.1) is 0 Å². The van der Waals surface area contributed by atoms with E-state index in [0.717, 1.165) is 17.7 Å². The van der Waals surface area contributed by atoms with Gasteiger partial charge in [-0.1, -0.05) is 46.4 Å². The molecule has 110 valence electrons. The van der Waals surface area contributed by atoms with E-state index in [2.05, 4.69) is 5.32 Å². The van der Waals surface area contributed by atoms with Gasteiger partial charge in [-0.15, -0.1) is 0 Å². The molecular weight excluding hydrogens is 352 g/mol. The maximum absolute atomic E-state index is 6.19. The van der Waals surface area contributed by atoms with Crippen molar-refractivity contribution in [3.63, 3.8) is 0 Å². The van der Waals surface area contributed by atoms with Gasteiger partial charge in [-0.05, 0) is 30.3 Å². The summed E-state index contributed by atoms with van der Waals surface area (Å²) in [6, 6.07) is 9.06. The van der Waals surface area contributed by atoms with Crippen LogP contribution in [0.2, 0.25) is 20.1 Å². The quantitative estimate of drug-likeness (QED) is 0.682. The molecule has 2 aromatic rings. The fourth-order valence-corrected chi connectivity index (χ4v) is 3.22. The zero-order valence-corrected chi connectivity index (χ0v) is 13.8. The number of ether oxygens (including phenoxy) is 1. The molecule has 1 atom stereocenters. The number of fused-ring (bicyclic) bond motifs is 1. The van der Waals surface area contributed by atoms with Gasteiger partial charge in [0.1, 0.15) is 5.75 Å². The second-order valence-electron chi connectivity index (χ2n) is 4.77. The Morgan fingerprint density at radius 2 is 1.76 bits per heavy atom. The second-order valence-corrected chi connectivity index (χ2v) is 6.43. The Balaban J connectivity index is 1.93. The SMILES string of the molecule is Clc1cc(Cl)c2c(c1)C(Nc1ccc(Cl)c(Cl)c1)CCO2. The molecule has 0 radical (unpaired) electrons. The molecule has 0 saturated heterocycles. The number of nitrogens with one attached hydrogen (secondary N) is 1. The average molecular weight is 363 g/mol. The topological polar surface area (TPSA) is 21.3 Å². The first-order valence-corrected chi connectivity index (χ1v) is 7.89. The van der Waals surface area contributed by atoms with Crippen molar-refractivity contribution < 1.29 is 4.74 Å². The van der Waals surface area contributed by atoms with Crippen molar-refractivity contribution >= 4 is 52.1 Å². The molecule has 2 aromatic carbocycles. The van der Waals surface area contributed by atoms with Crippen molar-refractivity contribution in [3.8, 4) is 5.75 Å². The van der Waals surface area contributed by atoms with Crippen molar-refractivity contribution in [1.29, 1.82) is 0 Å². The first-order valence-electron chi connectivity index (χ1n) is 6.38. The summed E-state index contributed by atoms with van der Waals surface area (Å²) in [4.78, 5) is 0. The predicted molar refractivity (Wildman–Crippen MR) is 89.4 cm³/mol. The minimum Gasteiger partial charge on any atom is -0.492 e. The summed E-state index contributed by atoms with van der Waals surface area (Å²) in [5.41, 5.74) is 1.84. The molecule has 1 aliphatic rings. The minimum atomic E-state index is 0.0576. The molecule has 2 nitrogen and oxygen atoms in total. The normalized spacial score (nSPS) is 17.0. The molecule has 0 bridgehead atoms. The Labute approximate surface area is 142 Å². The third kappa shape index (κ3) is 3.19. The zero-order chi connectivity index (χ0) is 15.0. The Hall–Kier alpha value is -0.800. The molecule has 0 aliphatic carbocycles. The van der Waals surface area contributed by atoms with Gasteiger partial charge in [0.05, 0.1) is 27.7 Å². The van der Waals surface area contributed by atoms with Crippen molar-refractivity contribution in [2.75, 3.05) is 11.9 Å². The fraction of sp³-hybridized carbons (Fsp3) is 0.200. The van der Waals surface area contributed by atoms with Crippen LogP contribution in [0.25, 0.3) is 0 Å². The van der Waals surface area contributed by atoms with Gasteiger partial charge >= 0.3 is 0 Å². The van der Waals surface area contributed by atoms with Crippen molar-refractivity contribution in [1.82, 2.24) is 0 Å². The van der Waals surface area contributed by atoms with Crippen molar-refractivity contribution in [2.24, 2.45) is 0 Å². The van der Waals surface area contributed by atoms with Crippen LogP contribution in [0.3, 0.4) is 0 Å². The molecule has 6 heteroatoms. The van der Waals surface area contributed by atoms with E-state index in [1.807, 2.05) is 12.1 Å². The lowest BCUT2D eigenvalue weighted by molar-refractivity contribution is 0.274. The Bertz CT molecular complexity index is 690. The minimum absolute atomic E-state index is 0.0576. The van der Waals surface area contributed by atoms with Gasteiger partial charge in [0.2, 0.25) is 0 Å². The second kappa shape index (κ2) is 6.13. The van der Waals surface area contributed by atoms with E-state index in [1.54, 1.807) is 18.2 Å². The van der Waals surface area contributed by atoms with E-state index < -0.39 is 0 Å². The maximum Gasteiger partial charge on any atom is 0.143 e. The van der Waals surface area contributed by atoms with E-state index >= 15 is 0 Å². The molecule has 3 rings (SSSR count). The number of benzene rings is 2. The van der Waals surface area contributed by atoms with Gasteiger partial charge in [-0.2, -0.15) is 0 Å². The molecule has 1 heterocycles. The van der Waals surface area contributed by atoms with Crippen LogP contribution >= 0.6 is 46.4 Å². The Morgan fingerprint density at radius 1 is 0.952 bits per heavy atom. The number of anilines is 1. The summed E-state index contributed by atoms with van der Waals surface area (Å²) in [7, 11) is 0. The van der Waals surface area contributed by atoms with Crippen LogP contribution in [0.5, 0.6) is 5.75 Å². The number of rotatable bonds is 2. The smallest absolute Gasteiger partial charge is 0.143 e. The lowest BCUT2D eigenvalue weighted by Gasteiger charge is -2.28. The van der Waals surface area contributed by atoms with E-state index in [-0.39, 0.29) is 6.04 Å². The molecule has 1 N–H and O–H groups in total. The van der Waals surface area contributed by atoms with E-state index in [0.29, 0.717) is 32.4 Å². The summed E-state index contributed by atoms with van der Waals surface area (Å²) in [5.74, 6) is 0.685. The van der Waals surface area contributed by atoms with Crippen LogP contribution in [-0.2, 0) is 0 Å². The van der Waals surface area contributed by atoms with Gasteiger partial charge in [0.15, 0.2) is 0 Å². The molecule has 0 spiro atoms. The van der Waals surface area contributed by atoms with Gasteiger partial charge < -0.3 is 10.1 Å². The maximum atomic E-state index is 6.19. The zero-order valence-electron chi connectivity index (χ0n) is 10.8. The number of halogens is 4. The van der Waals surface area contributed by atoms with Gasteiger partial charge in [0.25, 0.3) is 0 Å². The highest BCUT2D eigenvalue weighted by atomic mass is 35.5. The highest BCUT2D eigenvalue weighted by Gasteiger charge is 2.24. The Kier molecular flexibility index (Phi) is 4.41. The van der Waals surface area contributed by atoms with Gasteiger partial charge in [-0.3, -0.25) is 0 Å². The summed E-state index contributed by atoms with van der Waals surface area (Å²) in [5, 5.41) is 5.57. The molecule has 0 fully saturated rings. The van der Waals surface area contributed by atoms with Gasteiger partial charge in [-0.25, -0.2) is 0 Å². The lowest BCUT2D eigenvalue weighted by Crippen LogP contribution is -2.20. The van der Waals surface area contributed by atoms with E-state index in [9.17, 15) is 0 Å². The van der Waals surface area contributed by atoms with Gasteiger partial charge in [0, 0.05) is 22.7 Å². The van der Waals surface area contributed by atoms with Crippen molar-refractivity contribution in [2.45, 2.75) is 12.5 Å².